The first-order valence-electron chi connectivity index (χ1n) is 12.6. The van der Waals surface area contributed by atoms with E-state index in [1.54, 1.807) is 54.9 Å². The number of sulfonamides is 1. The lowest BCUT2D eigenvalue weighted by Gasteiger charge is -2.33. The zero-order chi connectivity index (χ0) is 26.0. The number of benzene rings is 2. The minimum absolute atomic E-state index is 0.0468. The number of carbonyl (C=O) groups excluding carboxylic acids is 1. The molecule has 5 rings (SSSR count). The molecule has 196 valence electrons. The Morgan fingerprint density at radius 3 is 2.49 bits per heavy atom. The summed E-state index contributed by atoms with van der Waals surface area (Å²) >= 11 is 0. The predicted octanol–water partition coefficient (Wildman–Crippen LogP) is 3.89. The Balaban J connectivity index is 1.29. The predicted molar refractivity (Wildman–Crippen MR) is 143 cm³/mol. The van der Waals surface area contributed by atoms with Gasteiger partial charge in [-0.05, 0) is 68.1 Å². The van der Waals surface area contributed by atoms with Gasteiger partial charge in [-0.15, -0.1) is 0 Å². The van der Waals surface area contributed by atoms with Crippen LogP contribution < -0.4 is 19.7 Å². The lowest BCUT2D eigenvalue weighted by molar-refractivity contribution is -0.120. The molecule has 3 heterocycles. The number of nitrogens with zero attached hydrogens (tertiary/aromatic N) is 3. The summed E-state index contributed by atoms with van der Waals surface area (Å²) in [6, 6.07) is 14.2. The average Bonchev–Trinajstić information content (AvgIpc) is 3.48. The third-order valence-electron chi connectivity index (χ3n) is 7.12. The summed E-state index contributed by atoms with van der Waals surface area (Å²) in [5.74, 6) is 1.71. The molecule has 1 aromatic heterocycles. The van der Waals surface area contributed by atoms with Crippen LogP contribution in [-0.4, -0.2) is 64.0 Å². The number of anilines is 2. The van der Waals surface area contributed by atoms with E-state index in [1.807, 2.05) is 12.1 Å². The van der Waals surface area contributed by atoms with E-state index in [4.69, 9.17) is 14.5 Å². The van der Waals surface area contributed by atoms with E-state index in [1.165, 1.54) is 0 Å². The SMILES string of the molecule is COc1ccc(NC(=O)[C@H]2CCCN(c3ccc4cc(S(=O)(=O)N5CCCC5)ccc4n3)C2)cc1OC. The minimum Gasteiger partial charge on any atom is -0.493 e. The second-order valence-corrected chi connectivity index (χ2v) is 11.4. The number of pyridine rings is 1. The lowest BCUT2D eigenvalue weighted by atomic mass is 9.97. The minimum atomic E-state index is -3.48. The maximum absolute atomic E-state index is 13.1. The van der Waals surface area contributed by atoms with Crippen LogP contribution in [0.4, 0.5) is 11.5 Å². The zero-order valence-electron chi connectivity index (χ0n) is 21.1. The van der Waals surface area contributed by atoms with Gasteiger partial charge in [-0.2, -0.15) is 4.31 Å². The van der Waals surface area contributed by atoms with Crippen LogP contribution in [0.25, 0.3) is 10.9 Å². The molecule has 1 amide bonds. The number of amides is 1. The number of fused-ring (bicyclic) bond motifs is 1. The van der Waals surface area contributed by atoms with E-state index in [-0.39, 0.29) is 11.8 Å². The van der Waals surface area contributed by atoms with Crippen molar-refractivity contribution in [2.75, 3.05) is 50.6 Å². The summed E-state index contributed by atoms with van der Waals surface area (Å²) in [6.45, 7) is 2.51. The fourth-order valence-electron chi connectivity index (χ4n) is 5.06. The third-order valence-corrected chi connectivity index (χ3v) is 9.01. The monoisotopic (exact) mass is 524 g/mol. The van der Waals surface area contributed by atoms with Crippen LogP contribution in [0.2, 0.25) is 0 Å². The van der Waals surface area contributed by atoms with Gasteiger partial charge < -0.3 is 19.7 Å². The smallest absolute Gasteiger partial charge is 0.243 e. The van der Waals surface area contributed by atoms with Crippen molar-refractivity contribution in [1.82, 2.24) is 9.29 Å². The molecular formula is C27H32N4O5S. The number of hydrogen-bond acceptors (Lipinski definition) is 7. The van der Waals surface area contributed by atoms with Crippen LogP contribution >= 0.6 is 0 Å². The Hall–Kier alpha value is -3.37. The van der Waals surface area contributed by atoms with Crippen molar-refractivity contribution in [2.45, 2.75) is 30.6 Å². The number of nitrogens with one attached hydrogen (secondary N) is 1. The summed E-state index contributed by atoms with van der Waals surface area (Å²) in [5, 5.41) is 3.78. The highest BCUT2D eigenvalue weighted by atomic mass is 32.2. The molecule has 2 saturated heterocycles. The molecule has 1 N–H and O–H groups in total. The molecule has 0 spiro atoms. The number of hydrogen-bond donors (Lipinski definition) is 1. The fraction of sp³-hybridized carbons (Fsp3) is 0.407. The van der Waals surface area contributed by atoms with E-state index in [0.717, 1.165) is 48.9 Å². The third kappa shape index (κ3) is 5.21. The number of carbonyl (C=O) groups is 1. The second-order valence-electron chi connectivity index (χ2n) is 9.48. The van der Waals surface area contributed by atoms with E-state index in [2.05, 4.69) is 10.2 Å². The van der Waals surface area contributed by atoms with Crippen molar-refractivity contribution in [3.63, 3.8) is 0 Å². The highest BCUT2D eigenvalue weighted by molar-refractivity contribution is 7.89. The molecule has 0 aliphatic carbocycles. The Kier molecular flexibility index (Phi) is 7.21. The molecule has 0 radical (unpaired) electrons. The van der Waals surface area contributed by atoms with E-state index < -0.39 is 10.0 Å². The standard InChI is InChI=1S/C27H32N4O5S/c1-35-24-11-8-21(17-25(24)36-2)28-27(32)20-6-5-13-30(18-20)26-12-7-19-16-22(9-10-23(19)29-26)37(33,34)31-14-3-4-15-31/h7-12,16-17,20H,3-6,13-15,18H2,1-2H3,(H,28,32)/t20-/m0/s1. The summed E-state index contributed by atoms with van der Waals surface area (Å²) < 4.78 is 38.0. The van der Waals surface area contributed by atoms with Crippen molar-refractivity contribution in [1.29, 1.82) is 0 Å². The number of ether oxygens (including phenoxy) is 2. The first kappa shape index (κ1) is 25.3. The van der Waals surface area contributed by atoms with Gasteiger partial charge in [0.1, 0.15) is 5.82 Å². The maximum Gasteiger partial charge on any atom is 0.243 e. The largest absolute Gasteiger partial charge is 0.493 e. The Morgan fingerprint density at radius 1 is 0.946 bits per heavy atom. The first-order chi connectivity index (χ1) is 17.9. The van der Waals surface area contributed by atoms with Gasteiger partial charge in [-0.3, -0.25) is 4.79 Å². The molecule has 3 aromatic rings. The summed E-state index contributed by atoms with van der Waals surface area (Å²) in [6.07, 6.45) is 3.47. The Morgan fingerprint density at radius 2 is 1.73 bits per heavy atom. The van der Waals surface area contributed by atoms with Gasteiger partial charge in [0.25, 0.3) is 0 Å². The molecule has 2 fully saturated rings. The van der Waals surface area contributed by atoms with E-state index in [9.17, 15) is 13.2 Å². The number of methoxy groups -OCH3 is 2. The molecule has 9 nitrogen and oxygen atoms in total. The van der Waals surface area contributed by atoms with Gasteiger partial charge in [0.15, 0.2) is 11.5 Å². The molecule has 0 bridgehead atoms. The van der Waals surface area contributed by atoms with Gasteiger partial charge in [0.2, 0.25) is 15.9 Å². The topological polar surface area (TPSA) is 101 Å². The summed E-state index contributed by atoms with van der Waals surface area (Å²) in [7, 11) is -0.342. The van der Waals surface area contributed by atoms with Gasteiger partial charge in [-0.25, -0.2) is 13.4 Å². The number of piperidine rings is 1. The molecule has 2 aliphatic heterocycles. The Labute approximate surface area is 217 Å². The first-order valence-corrected chi connectivity index (χ1v) is 14.0. The van der Waals surface area contributed by atoms with Gasteiger partial charge >= 0.3 is 0 Å². The van der Waals surface area contributed by atoms with Crippen molar-refractivity contribution in [3.8, 4) is 11.5 Å². The molecule has 10 heteroatoms. The lowest BCUT2D eigenvalue weighted by Crippen LogP contribution is -2.41. The van der Waals surface area contributed by atoms with Gasteiger partial charge in [0, 0.05) is 43.3 Å². The molecule has 0 unspecified atom stereocenters. The van der Waals surface area contributed by atoms with Crippen molar-refractivity contribution in [3.05, 3.63) is 48.5 Å². The van der Waals surface area contributed by atoms with Crippen molar-refractivity contribution >= 4 is 38.3 Å². The zero-order valence-corrected chi connectivity index (χ0v) is 22.0. The number of aromatic nitrogens is 1. The fourth-order valence-corrected chi connectivity index (χ4v) is 6.62. The van der Waals surface area contributed by atoms with E-state index in [0.29, 0.717) is 41.7 Å². The summed E-state index contributed by atoms with van der Waals surface area (Å²) in [4.78, 5) is 20.3. The average molecular weight is 525 g/mol. The molecular weight excluding hydrogens is 492 g/mol. The van der Waals surface area contributed by atoms with Crippen LogP contribution in [0, 0.1) is 5.92 Å². The van der Waals surface area contributed by atoms with Crippen LogP contribution in [-0.2, 0) is 14.8 Å². The molecule has 2 aliphatic rings. The van der Waals surface area contributed by atoms with Crippen LogP contribution in [0.1, 0.15) is 25.7 Å². The second kappa shape index (κ2) is 10.5. The van der Waals surface area contributed by atoms with Gasteiger partial charge in [0.05, 0.1) is 30.5 Å². The van der Waals surface area contributed by atoms with Gasteiger partial charge in [-0.1, -0.05) is 0 Å². The van der Waals surface area contributed by atoms with Crippen LogP contribution in [0.3, 0.4) is 0 Å². The van der Waals surface area contributed by atoms with Crippen molar-refractivity contribution < 1.29 is 22.7 Å². The quantitative estimate of drug-likeness (QED) is 0.500. The summed E-state index contributed by atoms with van der Waals surface area (Å²) in [5.41, 5.74) is 1.39. The Bertz CT molecular complexity index is 1410. The normalized spacial score (nSPS) is 18.6. The van der Waals surface area contributed by atoms with Crippen LogP contribution in [0.5, 0.6) is 11.5 Å². The number of rotatable bonds is 7. The molecule has 1 atom stereocenters. The van der Waals surface area contributed by atoms with Crippen molar-refractivity contribution in [2.24, 2.45) is 5.92 Å². The highest BCUT2D eigenvalue weighted by Crippen LogP contribution is 2.31. The molecule has 2 aromatic carbocycles. The highest BCUT2D eigenvalue weighted by Gasteiger charge is 2.29. The van der Waals surface area contributed by atoms with E-state index >= 15 is 0 Å². The molecule has 0 saturated carbocycles. The molecule has 37 heavy (non-hydrogen) atoms. The van der Waals surface area contributed by atoms with Crippen LogP contribution in [0.15, 0.2) is 53.4 Å². The maximum atomic E-state index is 13.1.